The van der Waals surface area contributed by atoms with Crippen LogP contribution >= 0.6 is 0 Å². The van der Waals surface area contributed by atoms with E-state index in [-0.39, 0.29) is 5.91 Å². The molecule has 0 heterocycles. The monoisotopic (exact) mass is 164 g/mol. The largest absolute Gasteiger partial charge is 0.325 e. The van der Waals surface area contributed by atoms with Gasteiger partial charge in [-0.3, -0.25) is 4.79 Å². The Morgan fingerprint density at radius 1 is 1.33 bits per heavy atom. The van der Waals surface area contributed by atoms with Crippen molar-refractivity contribution in [3.63, 3.8) is 0 Å². The lowest BCUT2D eigenvalue weighted by Crippen LogP contribution is -2.24. The predicted molar refractivity (Wildman–Crippen MR) is 43.7 cm³/mol. The van der Waals surface area contributed by atoms with Gasteiger partial charge in [0, 0.05) is 12.5 Å². The Hall–Kier alpha value is -1.35. The molecule has 1 radical (unpaired) electrons. The standard InChI is InChI=1S/C9H10NO2/c1-7(11)10-9(12)8-5-3-2-4-6-8/h2-6,9H,1H3,(H,10,11). The average molecular weight is 164 g/mol. The van der Waals surface area contributed by atoms with E-state index < -0.39 is 6.23 Å². The van der Waals surface area contributed by atoms with Gasteiger partial charge in [0.05, 0.1) is 0 Å². The van der Waals surface area contributed by atoms with Crippen molar-refractivity contribution in [2.75, 3.05) is 0 Å². The first-order valence-electron chi connectivity index (χ1n) is 3.68. The molecule has 0 saturated carbocycles. The molecule has 0 aliphatic carbocycles. The van der Waals surface area contributed by atoms with Gasteiger partial charge in [-0.1, -0.05) is 30.3 Å². The van der Waals surface area contributed by atoms with Crippen molar-refractivity contribution in [2.24, 2.45) is 0 Å². The number of benzene rings is 1. The van der Waals surface area contributed by atoms with E-state index in [4.69, 9.17) is 0 Å². The highest BCUT2D eigenvalue weighted by Gasteiger charge is 2.08. The third-order valence-corrected chi connectivity index (χ3v) is 1.44. The van der Waals surface area contributed by atoms with Crippen LogP contribution in [0.4, 0.5) is 0 Å². The summed E-state index contributed by atoms with van der Waals surface area (Å²) in [5.74, 6) is -0.307. The number of amides is 1. The Bertz CT molecular complexity index is 258. The van der Waals surface area contributed by atoms with Crippen LogP contribution in [0.1, 0.15) is 18.7 Å². The first-order valence-corrected chi connectivity index (χ1v) is 3.68. The molecule has 3 nitrogen and oxygen atoms in total. The van der Waals surface area contributed by atoms with Crippen LogP contribution in [0.5, 0.6) is 0 Å². The fraction of sp³-hybridized carbons (Fsp3) is 0.222. The maximum atomic E-state index is 11.2. The molecule has 63 valence electrons. The molecular weight excluding hydrogens is 154 g/mol. The van der Waals surface area contributed by atoms with Crippen LogP contribution in [-0.2, 0) is 9.90 Å². The number of hydrogen-bond acceptors (Lipinski definition) is 1. The summed E-state index contributed by atoms with van der Waals surface area (Å²) < 4.78 is 0. The van der Waals surface area contributed by atoms with Crippen molar-refractivity contribution in [1.82, 2.24) is 5.32 Å². The fourth-order valence-corrected chi connectivity index (χ4v) is 0.896. The van der Waals surface area contributed by atoms with Gasteiger partial charge in [-0.15, -0.1) is 0 Å². The summed E-state index contributed by atoms with van der Waals surface area (Å²) in [6, 6.07) is 8.73. The highest BCUT2D eigenvalue weighted by molar-refractivity contribution is 5.73. The molecule has 0 aliphatic rings. The van der Waals surface area contributed by atoms with Gasteiger partial charge in [-0.25, -0.2) is 5.11 Å². The zero-order chi connectivity index (χ0) is 8.97. The lowest BCUT2D eigenvalue weighted by Gasteiger charge is -2.08. The zero-order valence-corrected chi connectivity index (χ0v) is 6.78. The van der Waals surface area contributed by atoms with Gasteiger partial charge in [0.2, 0.25) is 5.91 Å². The Balaban J connectivity index is 2.65. The summed E-state index contributed by atoms with van der Waals surface area (Å²) in [5.41, 5.74) is 0.577. The maximum absolute atomic E-state index is 11.2. The van der Waals surface area contributed by atoms with Gasteiger partial charge in [0.15, 0.2) is 6.23 Å². The lowest BCUT2D eigenvalue weighted by atomic mass is 10.2. The van der Waals surface area contributed by atoms with Crippen LogP contribution in [0.15, 0.2) is 30.3 Å². The van der Waals surface area contributed by atoms with Crippen LogP contribution in [0.2, 0.25) is 0 Å². The van der Waals surface area contributed by atoms with Crippen LogP contribution in [-0.4, -0.2) is 5.91 Å². The van der Waals surface area contributed by atoms with Crippen molar-refractivity contribution in [2.45, 2.75) is 13.2 Å². The topological polar surface area (TPSA) is 49.0 Å². The summed E-state index contributed by atoms with van der Waals surface area (Å²) in [6.45, 7) is 1.33. The number of carbonyl (C=O) groups excluding carboxylic acids is 1. The van der Waals surface area contributed by atoms with E-state index in [2.05, 4.69) is 5.32 Å². The molecule has 1 unspecified atom stereocenters. The molecule has 0 aliphatic heterocycles. The highest BCUT2D eigenvalue weighted by Crippen LogP contribution is 2.08. The van der Waals surface area contributed by atoms with E-state index in [0.29, 0.717) is 5.56 Å². The van der Waals surface area contributed by atoms with Crippen LogP contribution in [0, 0.1) is 0 Å². The molecule has 0 saturated heterocycles. The molecular formula is C9H10NO2. The second-order valence-electron chi connectivity index (χ2n) is 2.49. The molecule has 1 amide bonds. The Labute approximate surface area is 71.0 Å². The number of rotatable bonds is 2. The molecule has 0 fully saturated rings. The second kappa shape index (κ2) is 3.88. The predicted octanol–water partition coefficient (Wildman–Crippen LogP) is 1.25. The minimum atomic E-state index is -1.15. The molecule has 0 aromatic heterocycles. The summed E-state index contributed by atoms with van der Waals surface area (Å²) in [5, 5.41) is 13.5. The molecule has 1 N–H and O–H groups in total. The van der Waals surface area contributed by atoms with E-state index in [1.165, 1.54) is 6.92 Å². The quantitative estimate of drug-likeness (QED) is 0.657. The first kappa shape index (κ1) is 8.74. The van der Waals surface area contributed by atoms with E-state index in [1.54, 1.807) is 24.3 Å². The Morgan fingerprint density at radius 3 is 2.42 bits per heavy atom. The summed E-state index contributed by atoms with van der Waals surface area (Å²) in [4.78, 5) is 10.5. The molecule has 0 spiro atoms. The SMILES string of the molecule is CC(=O)NC([O])c1ccccc1. The molecule has 1 atom stereocenters. The van der Waals surface area contributed by atoms with Crippen molar-refractivity contribution in [3.05, 3.63) is 35.9 Å². The normalized spacial score (nSPS) is 12.2. The molecule has 12 heavy (non-hydrogen) atoms. The van der Waals surface area contributed by atoms with Crippen molar-refractivity contribution in [1.29, 1.82) is 0 Å². The Kier molecular flexibility index (Phi) is 2.82. The minimum absolute atomic E-state index is 0.307. The van der Waals surface area contributed by atoms with Crippen LogP contribution in [0.3, 0.4) is 0 Å². The number of carbonyl (C=O) groups is 1. The molecule has 1 aromatic rings. The number of nitrogens with one attached hydrogen (secondary N) is 1. The summed E-state index contributed by atoms with van der Waals surface area (Å²) >= 11 is 0. The van der Waals surface area contributed by atoms with E-state index in [9.17, 15) is 9.90 Å². The van der Waals surface area contributed by atoms with Crippen molar-refractivity contribution < 1.29 is 9.90 Å². The zero-order valence-electron chi connectivity index (χ0n) is 6.78. The Morgan fingerprint density at radius 2 is 1.92 bits per heavy atom. The number of hydrogen-bond donors (Lipinski definition) is 1. The van der Waals surface area contributed by atoms with E-state index >= 15 is 0 Å². The lowest BCUT2D eigenvalue weighted by molar-refractivity contribution is -0.123. The minimum Gasteiger partial charge on any atom is -0.325 e. The van der Waals surface area contributed by atoms with E-state index in [1.807, 2.05) is 6.07 Å². The van der Waals surface area contributed by atoms with Crippen molar-refractivity contribution in [3.8, 4) is 0 Å². The van der Waals surface area contributed by atoms with E-state index in [0.717, 1.165) is 0 Å². The van der Waals surface area contributed by atoms with Crippen LogP contribution < -0.4 is 5.32 Å². The summed E-state index contributed by atoms with van der Waals surface area (Å²) in [6.07, 6.45) is -1.15. The van der Waals surface area contributed by atoms with Gasteiger partial charge < -0.3 is 5.32 Å². The molecule has 3 heteroatoms. The summed E-state index contributed by atoms with van der Waals surface area (Å²) in [7, 11) is 0. The third-order valence-electron chi connectivity index (χ3n) is 1.44. The first-order chi connectivity index (χ1) is 5.70. The van der Waals surface area contributed by atoms with Gasteiger partial charge in [-0.05, 0) is 0 Å². The van der Waals surface area contributed by atoms with Crippen LogP contribution in [0.25, 0.3) is 0 Å². The highest BCUT2D eigenvalue weighted by atomic mass is 16.3. The molecule has 1 rings (SSSR count). The second-order valence-corrected chi connectivity index (χ2v) is 2.49. The van der Waals surface area contributed by atoms with Gasteiger partial charge >= 0.3 is 0 Å². The van der Waals surface area contributed by atoms with Crippen molar-refractivity contribution >= 4 is 5.91 Å². The van der Waals surface area contributed by atoms with Gasteiger partial charge in [0.25, 0.3) is 0 Å². The average Bonchev–Trinajstić information content (AvgIpc) is 2.05. The van der Waals surface area contributed by atoms with Gasteiger partial charge in [-0.2, -0.15) is 0 Å². The molecule has 1 aromatic carbocycles. The smallest absolute Gasteiger partial charge is 0.219 e. The maximum Gasteiger partial charge on any atom is 0.219 e. The molecule has 0 bridgehead atoms. The van der Waals surface area contributed by atoms with Gasteiger partial charge in [0.1, 0.15) is 0 Å². The fourth-order valence-electron chi connectivity index (χ4n) is 0.896. The third kappa shape index (κ3) is 2.36.